The Morgan fingerprint density at radius 1 is 1.36 bits per heavy atom. The molecule has 0 amide bonds. The fourth-order valence-corrected chi connectivity index (χ4v) is 3.85. The van der Waals surface area contributed by atoms with Crippen molar-refractivity contribution in [2.75, 3.05) is 0 Å². The number of aromatic nitrogens is 6. The van der Waals surface area contributed by atoms with Crippen LogP contribution in [0, 0.1) is 0 Å². The number of fused-ring (bicyclic) bond motifs is 1. The van der Waals surface area contributed by atoms with E-state index in [1.807, 2.05) is 11.6 Å². The lowest BCUT2D eigenvalue weighted by atomic mass is 10.2. The van der Waals surface area contributed by atoms with Crippen molar-refractivity contribution in [2.45, 2.75) is 49.7 Å². The SMILES string of the molecule is CCCn1c(SCc2nnnn2C2CC2)nc2cc(Cl)ccc2c1=O. The van der Waals surface area contributed by atoms with Crippen molar-refractivity contribution in [1.82, 2.24) is 29.8 Å². The van der Waals surface area contributed by atoms with Gasteiger partial charge in [0.15, 0.2) is 11.0 Å². The molecule has 0 aliphatic heterocycles. The van der Waals surface area contributed by atoms with Crippen LogP contribution in [0.3, 0.4) is 0 Å². The molecule has 1 aliphatic rings. The van der Waals surface area contributed by atoms with Crippen LogP contribution < -0.4 is 5.56 Å². The van der Waals surface area contributed by atoms with Gasteiger partial charge in [-0.05, 0) is 47.9 Å². The molecule has 3 aromatic rings. The van der Waals surface area contributed by atoms with E-state index in [9.17, 15) is 4.79 Å². The highest BCUT2D eigenvalue weighted by Gasteiger charge is 2.27. The zero-order valence-corrected chi connectivity index (χ0v) is 15.3. The number of benzene rings is 1. The number of nitrogens with zero attached hydrogens (tertiary/aromatic N) is 6. The molecule has 7 nitrogen and oxygen atoms in total. The molecule has 1 aliphatic carbocycles. The molecule has 4 rings (SSSR count). The van der Waals surface area contributed by atoms with Crippen molar-refractivity contribution in [2.24, 2.45) is 0 Å². The molecule has 1 saturated carbocycles. The highest BCUT2D eigenvalue weighted by atomic mass is 35.5. The first-order valence-electron chi connectivity index (χ1n) is 8.27. The van der Waals surface area contributed by atoms with Gasteiger partial charge in [0.25, 0.3) is 5.56 Å². The van der Waals surface area contributed by atoms with Crippen LogP contribution in [0.2, 0.25) is 5.02 Å². The summed E-state index contributed by atoms with van der Waals surface area (Å²) in [6, 6.07) is 5.61. The number of tetrazole rings is 1. The second-order valence-corrected chi connectivity index (χ2v) is 7.45. The van der Waals surface area contributed by atoms with Crippen LogP contribution >= 0.6 is 23.4 Å². The Hall–Kier alpha value is -1.93. The second-order valence-electron chi connectivity index (χ2n) is 6.07. The maximum absolute atomic E-state index is 12.8. The monoisotopic (exact) mass is 376 g/mol. The summed E-state index contributed by atoms with van der Waals surface area (Å²) < 4.78 is 3.61. The quantitative estimate of drug-likeness (QED) is 0.486. The minimum atomic E-state index is -0.0344. The van der Waals surface area contributed by atoms with E-state index < -0.39 is 0 Å². The molecule has 0 N–H and O–H groups in total. The molecule has 0 saturated heterocycles. The summed E-state index contributed by atoms with van der Waals surface area (Å²) in [7, 11) is 0. The fraction of sp³-hybridized carbons (Fsp3) is 0.438. The van der Waals surface area contributed by atoms with Crippen molar-refractivity contribution < 1.29 is 0 Å². The summed E-state index contributed by atoms with van der Waals surface area (Å²) >= 11 is 7.54. The Bertz CT molecular complexity index is 980. The molecule has 0 bridgehead atoms. The van der Waals surface area contributed by atoms with E-state index in [2.05, 4.69) is 20.5 Å². The molecule has 0 spiro atoms. The lowest BCUT2D eigenvalue weighted by Gasteiger charge is -2.12. The van der Waals surface area contributed by atoms with Crippen molar-refractivity contribution in [3.05, 3.63) is 39.4 Å². The van der Waals surface area contributed by atoms with E-state index in [-0.39, 0.29) is 5.56 Å². The van der Waals surface area contributed by atoms with Gasteiger partial charge in [-0.25, -0.2) is 9.67 Å². The van der Waals surface area contributed by atoms with Crippen LogP contribution in [0.5, 0.6) is 0 Å². The Labute approximate surface area is 153 Å². The van der Waals surface area contributed by atoms with E-state index in [1.165, 1.54) is 11.8 Å². The number of halogens is 1. The molecule has 0 radical (unpaired) electrons. The third-order valence-corrected chi connectivity index (χ3v) is 5.32. The van der Waals surface area contributed by atoms with E-state index in [1.54, 1.807) is 22.8 Å². The summed E-state index contributed by atoms with van der Waals surface area (Å²) in [5.41, 5.74) is 0.585. The standard InChI is InChI=1S/C16H17ClN6OS/c1-2-7-22-15(24)12-6-3-10(17)8-13(12)18-16(22)25-9-14-19-20-21-23(14)11-4-5-11/h3,6,8,11H,2,4-5,7,9H2,1H3. The number of hydrogen-bond donors (Lipinski definition) is 0. The summed E-state index contributed by atoms with van der Waals surface area (Å²) in [5.74, 6) is 1.39. The van der Waals surface area contributed by atoms with Crippen molar-refractivity contribution in [1.29, 1.82) is 0 Å². The summed E-state index contributed by atoms with van der Waals surface area (Å²) in [4.78, 5) is 17.5. The van der Waals surface area contributed by atoms with E-state index in [0.29, 0.717) is 39.4 Å². The van der Waals surface area contributed by atoms with E-state index in [0.717, 1.165) is 25.1 Å². The highest BCUT2D eigenvalue weighted by Crippen LogP contribution is 2.35. The van der Waals surface area contributed by atoms with Crippen LogP contribution in [0.25, 0.3) is 10.9 Å². The van der Waals surface area contributed by atoms with E-state index in [4.69, 9.17) is 11.6 Å². The third kappa shape index (κ3) is 3.28. The van der Waals surface area contributed by atoms with Crippen LogP contribution in [-0.4, -0.2) is 29.8 Å². The topological polar surface area (TPSA) is 78.5 Å². The first-order chi connectivity index (χ1) is 12.2. The highest BCUT2D eigenvalue weighted by molar-refractivity contribution is 7.98. The van der Waals surface area contributed by atoms with Gasteiger partial charge < -0.3 is 0 Å². The molecule has 9 heteroatoms. The van der Waals surface area contributed by atoms with Gasteiger partial charge in [0.05, 0.1) is 22.7 Å². The summed E-state index contributed by atoms with van der Waals surface area (Å²) in [6.07, 6.45) is 3.10. The van der Waals surface area contributed by atoms with Gasteiger partial charge in [0, 0.05) is 11.6 Å². The van der Waals surface area contributed by atoms with Gasteiger partial charge in [-0.1, -0.05) is 30.3 Å². The minimum Gasteiger partial charge on any atom is -0.287 e. The molecule has 0 unspecified atom stereocenters. The maximum atomic E-state index is 12.8. The lowest BCUT2D eigenvalue weighted by Crippen LogP contribution is -2.23. The molecule has 1 aromatic carbocycles. The molecule has 25 heavy (non-hydrogen) atoms. The number of rotatable bonds is 6. The van der Waals surface area contributed by atoms with Gasteiger partial charge in [-0.2, -0.15) is 0 Å². The van der Waals surface area contributed by atoms with Crippen LogP contribution in [0.1, 0.15) is 38.1 Å². The zero-order chi connectivity index (χ0) is 17.4. The van der Waals surface area contributed by atoms with Crippen molar-refractivity contribution in [3.8, 4) is 0 Å². The lowest BCUT2D eigenvalue weighted by molar-refractivity contribution is 0.581. The Kier molecular flexibility index (Phi) is 4.47. The Morgan fingerprint density at radius 3 is 2.96 bits per heavy atom. The Morgan fingerprint density at radius 2 is 2.20 bits per heavy atom. The molecule has 2 aromatic heterocycles. The van der Waals surface area contributed by atoms with E-state index >= 15 is 0 Å². The minimum absolute atomic E-state index is 0.0344. The van der Waals surface area contributed by atoms with Gasteiger partial charge in [0.1, 0.15) is 0 Å². The molecular weight excluding hydrogens is 360 g/mol. The largest absolute Gasteiger partial charge is 0.287 e. The Balaban J connectivity index is 1.70. The smallest absolute Gasteiger partial charge is 0.262 e. The van der Waals surface area contributed by atoms with Crippen molar-refractivity contribution >= 4 is 34.3 Å². The van der Waals surface area contributed by atoms with Crippen LogP contribution in [0.15, 0.2) is 28.2 Å². The predicted molar refractivity (Wildman–Crippen MR) is 97.0 cm³/mol. The maximum Gasteiger partial charge on any atom is 0.262 e. The fourth-order valence-electron chi connectivity index (χ4n) is 2.74. The van der Waals surface area contributed by atoms with Crippen LogP contribution in [-0.2, 0) is 12.3 Å². The second kappa shape index (κ2) is 6.76. The van der Waals surface area contributed by atoms with Gasteiger partial charge in [-0.3, -0.25) is 9.36 Å². The molecule has 1 fully saturated rings. The third-order valence-electron chi connectivity index (χ3n) is 4.11. The zero-order valence-electron chi connectivity index (χ0n) is 13.7. The first-order valence-corrected chi connectivity index (χ1v) is 9.63. The summed E-state index contributed by atoms with van der Waals surface area (Å²) in [6.45, 7) is 2.67. The molecule has 130 valence electrons. The molecule has 0 atom stereocenters. The van der Waals surface area contributed by atoms with Gasteiger partial charge in [0.2, 0.25) is 0 Å². The molecule has 2 heterocycles. The first kappa shape index (κ1) is 16.5. The normalized spacial score (nSPS) is 14.3. The van der Waals surface area contributed by atoms with Crippen molar-refractivity contribution in [3.63, 3.8) is 0 Å². The average molecular weight is 377 g/mol. The number of thioether (sulfide) groups is 1. The van der Waals surface area contributed by atoms with Gasteiger partial charge >= 0.3 is 0 Å². The number of hydrogen-bond acceptors (Lipinski definition) is 6. The summed E-state index contributed by atoms with van der Waals surface area (Å²) in [5, 5.41) is 13.8. The van der Waals surface area contributed by atoms with Crippen LogP contribution in [0.4, 0.5) is 0 Å². The average Bonchev–Trinajstić information content (AvgIpc) is 3.34. The predicted octanol–water partition coefficient (Wildman–Crippen LogP) is 3.07. The van der Waals surface area contributed by atoms with Gasteiger partial charge in [-0.15, -0.1) is 5.10 Å². The molecular formula is C16H17ClN6OS.